The van der Waals surface area contributed by atoms with Crippen molar-refractivity contribution in [1.29, 1.82) is 0 Å². The topological polar surface area (TPSA) is 12.0 Å². The minimum atomic E-state index is -0.542. The van der Waals surface area contributed by atoms with Crippen LogP contribution in [0.2, 0.25) is 0 Å². The molecule has 2 aromatic rings. The molecule has 18 heavy (non-hydrogen) atoms. The van der Waals surface area contributed by atoms with E-state index in [-0.39, 0.29) is 6.04 Å². The highest BCUT2D eigenvalue weighted by Gasteiger charge is 2.10. The van der Waals surface area contributed by atoms with E-state index >= 15 is 0 Å². The lowest BCUT2D eigenvalue weighted by atomic mass is 10.2. The number of halogens is 2. The molecule has 0 radical (unpaired) electrons. The number of thiophene rings is 1. The summed E-state index contributed by atoms with van der Waals surface area (Å²) < 4.78 is 26.3. The molecule has 0 aliphatic carbocycles. The zero-order chi connectivity index (χ0) is 13.1. The number of nitrogens with one attached hydrogen (secondary N) is 1. The van der Waals surface area contributed by atoms with E-state index < -0.39 is 11.6 Å². The van der Waals surface area contributed by atoms with Crippen LogP contribution in [0.1, 0.15) is 24.8 Å². The molecule has 0 aliphatic rings. The fourth-order valence-electron chi connectivity index (χ4n) is 1.84. The number of benzene rings is 1. The van der Waals surface area contributed by atoms with Gasteiger partial charge in [0.25, 0.3) is 0 Å². The van der Waals surface area contributed by atoms with Crippen molar-refractivity contribution < 1.29 is 8.78 Å². The van der Waals surface area contributed by atoms with Gasteiger partial charge >= 0.3 is 0 Å². The highest BCUT2D eigenvalue weighted by molar-refractivity contribution is 7.15. The van der Waals surface area contributed by atoms with E-state index in [9.17, 15) is 8.78 Å². The molecule has 1 nitrogen and oxygen atoms in total. The van der Waals surface area contributed by atoms with Gasteiger partial charge in [-0.2, -0.15) is 0 Å². The van der Waals surface area contributed by atoms with Crippen LogP contribution < -0.4 is 5.32 Å². The normalized spacial score (nSPS) is 12.7. The molecule has 0 bridgehead atoms. The van der Waals surface area contributed by atoms with E-state index in [1.165, 1.54) is 12.1 Å². The fraction of sp³-hybridized carbons (Fsp3) is 0.286. The molecular formula is C14H15F2NS. The molecule has 1 unspecified atom stereocenters. The van der Waals surface area contributed by atoms with Crippen molar-refractivity contribution in [3.63, 3.8) is 0 Å². The average molecular weight is 267 g/mol. The second-order valence-electron chi connectivity index (χ2n) is 4.14. The summed E-state index contributed by atoms with van der Waals surface area (Å²) in [5.74, 6) is -1.08. The molecule has 2 rings (SSSR count). The Hall–Kier alpha value is -1.26. The first-order valence-corrected chi connectivity index (χ1v) is 6.71. The van der Waals surface area contributed by atoms with Gasteiger partial charge in [0.1, 0.15) is 11.6 Å². The molecule has 0 fully saturated rings. The van der Waals surface area contributed by atoms with Gasteiger partial charge < -0.3 is 5.32 Å². The van der Waals surface area contributed by atoms with Crippen LogP contribution in [0.4, 0.5) is 8.78 Å². The lowest BCUT2D eigenvalue weighted by Gasteiger charge is -2.09. The van der Waals surface area contributed by atoms with Gasteiger partial charge in [0.15, 0.2) is 0 Å². The third kappa shape index (κ3) is 2.94. The van der Waals surface area contributed by atoms with E-state index in [1.807, 2.05) is 19.1 Å². The molecule has 0 aliphatic heterocycles. The Labute approximate surface area is 109 Å². The molecule has 0 saturated carbocycles. The molecule has 1 heterocycles. The van der Waals surface area contributed by atoms with Crippen LogP contribution in [0.5, 0.6) is 0 Å². The lowest BCUT2D eigenvalue weighted by Crippen LogP contribution is -2.16. The lowest BCUT2D eigenvalue weighted by molar-refractivity contribution is 0.584. The molecule has 0 amide bonds. The van der Waals surface area contributed by atoms with Gasteiger partial charge in [0, 0.05) is 21.9 Å². The van der Waals surface area contributed by atoms with Gasteiger partial charge in [0.05, 0.1) is 0 Å². The summed E-state index contributed by atoms with van der Waals surface area (Å²) in [6.07, 6.45) is 0. The Morgan fingerprint density at radius 1 is 1.17 bits per heavy atom. The molecule has 0 spiro atoms. The fourth-order valence-corrected chi connectivity index (χ4v) is 2.87. The number of rotatable bonds is 4. The second-order valence-corrected chi connectivity index (χ2v) is 5.25. The second kappa shape index (κ2) is 5.59. The quantitative estimate of drug-likeness (QED) is 0.867. The maximum Gasteiger partial charge on any atom is 0.126 e. The Morgan fingerprint density at radius 3 is 2.44 bits per heavy atom. The van der Waals surface area contributed by atoms with Gasteiger partial charge in [-0.1, -0.05) is 6.92 Å². The van der Waals surface area contributed by atoms with E-state index in [0.717, 1.165) is 22.4 Å². The number of hydrogen-bond acceptors (Lipinski definition) is 2. The van der Waals surface area contributed by atoms with Crippen LogP contribution in [0.25, 0.3) is 10.4 Å². The number of hydrogen-bond donors (Lipinski definition) is 1. The minimum Gasteiger partial charge on any atom is -0.310 e. The standard InChI is InChI=1S/C14H15F2NS/c1-3-17-9(2)13-4-5-14(18-13)10-6-11(15)8-12(16)7-10/h4-9,17H,3H2,1-2H3. The van der Waals surface area contributed by atoms with E-state index in [0.29, 0.717) is 5.56 Å². The Morgan fingerprint density at radius 2 is 1.83 bits per heavy atom. The summed E-state index contributed by atoms with van der Waals surface area (Å²) in [6.45, 7) is 5.02. The van der Waals surface area contributed by atoms with Crippen LogP contribution in [-0.2, 0) is 0 Å². The molecular weight excluding hydrogens is 252 g/mol. The first-order chi connectivity index (χ1) is 8.60. The van der Waals surface area contributed by atoms with Crippen molar-refractivity contribution >= 4 is 11.3 Å². The predicted molar refractivity (Wildman–Crippen MR) is 71.8 cm³/mol. The summed E-state index contributed by atoms with van der Waals surface area (Å²) in [6, 6.07) is 7.76. The Balaban J connectivity index is 2.29. The molecule has 4 heteroatoms. The van der Waals surface area contributed by atoms with Crippen molar-refractivity contribution in [2.75, 3.05) is 6.54 Å². The summed E-state index contributed by atoms with van der Waals surface area (Å²) in [7, 11) is 0. The van der Waals surface area contributed by atoms with Crippen LogP contribution in [0.3, 0.4) is 0 Å². The van der Waals surface area contributed by atoms with E-state index in [2.05, 4.69) is 12.2 Å². The van der Waals surface area contributed by atoms with Crippen LogP contribution in [0.15, 0.2) is 30.3 Å². The van der Waals surface area contributed by atoms with Gasteiger partial charge in [-0.3, -0.25) is 0 Å². The molecule has 1 atom stereocenters. The summed E-state index contributed by atoms with van der Waals surface area (Å²) in [5.41, 5.74) is 0.590. The van der Waals surface area contributed by atoms with E-state index in [1.54, 1.807) is 11.3 Å². The van der Waals surface area contributed by atoms with Crippen molar-refractivity contribution in [2.45, 2.75) is 19.9 Å². The van der Waals surface area contributed by atoms with Crippen LogP contribution in [-0.4, -0.2) is 6.54 Å². The van der Waals surface area contributed by atoms with Crippen molar-refractivity contribution in [1.82, 2.24) is 5.32 Å². The molecule has 96 valence electrons. The van der Waals surface area contributed by atoms with Crippen LogP contribution >= 0.6 is 11.3 Å². The van der Waals surface area contributed by atoms with Crippen molar-refractivity contribution in [2.24, 2.45) is 0 Å². The third-order valence-corrected chi connectivity index (χ3v) is 4.03. The SMILES string of the molecule is CCNC(C)c1ccc(-c2cc(F)cc(F)c2)s1. The van der Waals surface area contributed by atoms with Gasteiger partial charge in [-0.05, 0) is 43.3 Å². The van der Waals surface area contributed by atoms with Crippen LogP contribution in [0, 0.1) is 11.6 Å². The van der Waals surface area contributed by atoms with E-state index in [4.69, 9.17) is 0 Å². The summed E-state index contributed by atoms with van der Waals surface area (Å²) >= 11 is 1.56. The highest BCUT2D eigenvalue weighted by Crippen LogP contribution is 2.32. The van der Waals surface area contributed by atoms with Crippen molar-refractivity contribution in [3.8, 4) is 10.4 Å². The Kier molecular flexibility index (Phi) is 4.09. The van der Waals surface area contributed by atoms with Gasteiger partial charge in [0.2, 0.25) is 0 Å². The first kappa shape index (κ1) is 13.2. The summed E-state index contributed by atoms with van der Waals surface area (Å²) in [4.78, 5) is 2.05. The summed E-state index contributed by atoms with van der Waals surface area (Å²) in [5, 5.41) is 3.31. The minimum absolute atomic E-state index is 0.257. The zero-order valence-electron chi connectivity index (χ0n) is 10.3. The largest absolute Gasteiger partial charge is 0.310 e. The highest BCUT2D eigenvalue weighted by atomic mass is 32.1. The predicted octanol–water partition coefficient (Wildman–Crippen LogP) is 4.36. The molecule has 1 aromatic carbocycles. The molecule has 1 aromatic heterocycles. The average Bonchev–Trinajstić information content (AvgIpc) is 2.77. The Bertz CT molecular complexity index is 516. The molecule has 0 saturated heterocycles. The van der Waals surface area contributed by atoms with Crippen molar-refractivity contribution in [3.05, 3.63) is 46.8 Å². The first-order valence-electron chi connectivity index (χ1n) is 5.89. The van der Waals surface area contributed by atoms with Gasteiger partial charge in [-0.25, -0.2) is 8.78 Å². The maximum absolute atomic E-state index is 13.2. The monoisotopic (exact) mass is 267 g/mol. The smallest absolute Gasteiger partial charge is 0.126 e. The zero-order valence-corrected chi connectivity index (χ0v) is 11.2. The van der Waals surface area contributed by atoms with Gasteiger partial charge in [-0.15, -0.1) is 11.3 Å². The molecule has 1 N–H and O–H groups in total. The maximum atomic E-state index is 13.2. The third-order valence-electron chi connectivity index (χ3n) is 2.71.